The van der Waals surface area contributed by atoms with Crippen molar-refractivity contribution in [2.24, 2.45) is 0 Å². The van der Waals surface area contributed by atoms with Gasteiger partial charge in [0.15, 0.2) is 5.82 Å². The number of H-pyrrole nitrogens is 1. The number of aliphatic hydroxyl groups excluding tert-OH is 2. The van der Waals surface area contributed by atoms with Gasteiger partial charge in [-0.2, -0.15) is 0 Å². The molecule has 1 fully saturated rings. The highest BCUT2D eigenvalue weighted by atomic mass is 16.5. The minimum atomic E-state index is -0.812. The van der Waals surface area contributed by atoms with E-state index in [9.17, 15) is 19.8 Å². The molecule has 0 bridgehead atoms. The molecule has 0 spiro atoms. The van der Waals surface area contributed by atoms with Gasteiger partial charge in [0, 0.05) is 6.42 Å². The third-order valence-corrected chi connectivity index (χ3v) is 3.95. The van der Waals surface area contributed by atoms with E-state index in [0.29, 0.717) is 5.82 Å². The van der Waals surface area contributed by atoms with Crippen molar-refractivity contribution in [2.75, 3.05) is 29.6 Å². The maximum atomic E-state index is 12.1. The number of carbonyl (C=O) groups is 1. The second-order valence-electron chi connectivity index (χ2n) is 5.48. The van der Waals surface area contributed by atoms with Gasteiger partial charge in [-0.1, -0.05) is 0 Å². The minimum absolute atomic E-state index is 0.143. The summed E-state index contributed by atoms with van der Waals surface area (Å²) in [7, 11) is 1.19. The monoisotopic (exact) mass is 337 g/mol. The van der Waals surface area contributed by atoms with Crippen LogP contribution in [0.15, 0.2) is 11.1 Å². The maximum absolute atomic E-state index is 12.1. The summed E-state index contributed by atoms with van der Waals surface area (Å²) in [6.07, 6.45) is -0.550. The second-order valence-corrected chi connectivity index (χ2v) is 5.48. The highest BCUT2D eigenvalue weighted by Gasteiger charge is 2.42. The van der Waals surface area contributed by atoms with Crippen molar-refractivity contribution in [3.05, 3.63) is 16.7 Å². The molecule has 3 rings (SSSR count). The summed E-state index contributed by atoms with van der Waals surface area (Å²) in [6, 6.07) is 0. The zero-order valence-electron chi connectivity index (χ0n) is 13.1. The van der Waals surface area contributed by atoms with E-state index in [-0.39, 0.29) is 32.0 Å². The summed E-state index contributed by atoms with van der Waals surface area (Å²) < 4.78 is 10.5. The average Bonchev–Trinajstić information content (AvgIpc) is 3.09. The molecule has 1 radical (unpaired) electrons. The number of aromatic amines is 1. The number of hydrogen-bond acceptors (Lipinski definition) is 9. The molecule has 24 heavy (non-hydrogen) atoms. The summed E-state index contributed by atoms with van der Waals surface area (Å²) in [4.78, 5) is 33.6. The number of carbonyl (C=O) groups excluding carboxylic acids is 1. The Morgan fingerprint density at radius 1 is 1.62 bits per heavy atom. The van der Waals surface area contributed by atoms with Crippen LogP contribution in [0.1, 0.15) is 13.3 Å². The molecule has 0 saturated carbocycles. The van der Waals surface area contributed by atoms with E-state index in [0.717, 1.165) is 0 Å². The van der Waals surface area contributed by atoms with Crippen LogP contribution in [0, 0.1) is 0 Å². The molecule has 1 aromatic heterocycles. The van der Waals surface area contributed by atoms with Gasteiger partial charge in [-0.15, -0.1) is 0 Å². The van der Waals surface area contributed by atoms with E-state index in [1.54, 1.807) is 11.8 Å². The fourth-order valence-corrected chi connectivity index (χ4v) is 2.87. The van der Waals surface area contributed by atoms with E-state index >= 15 is 0 Å². The van der Waals surface area contributed by atoms with Gasteiger partial charge in [-0.05, 0) is 6.92 Å². The van der Waals surface area contributed by atoms with Gasteiger partial charge in [0.1, 0.15) is 18.0 Å². The highest BCUT2D eigenvalue weighted by molar-refractivity contribution is 6.75. The number of fused-ring (bicyclic) bond motifs is 1. The van der Waals surface area contributed by atoms with Crippen molar-refractivity contribution < 1.29 is 24.5 Å². The van der Waals surface area contributed by atoms with Crippen molar-refractivity contribution in [3.63, 3.8) is 0 Å². The number of nitrogens with one attached hydrogen (secondary N) is 1. The Balaban J connectivity index is 1.85. The van der Waals surface area contributed by atoms with Crippen molar-refractivity contribution in [3.8, 4) is 0 Å². The Kier molecular flexibility index (Phi) is 4.74. The zero-order chi connectivity index (χ0) is 17.3. The first-order valence-corrected chi connectivity index (χ1v) is 7.62. The highest BCUT2D eigenvalue weighted by Crippen LogP contribution is 2.35. The lowest BCUT2D eigenvalue weighted by Gasteiger charge is -2.25. The van der Waals surface area contributed by atoms with E-state index in [1.807, 2.05) is 0 Å². The SMILES string of the molecule is CCOC(=O)[B]N1CN([C@H]2C[C@H](O)[C@@H](CO)O2)c2nc[nH]c(=O)c21. The maximum Gasteiger partial charge on any atom is 0.394 e. The fraction of sp³-hybridized carbons (Fsp3) is 0.615. The van der Waals surface area contributed by atoms with Crippen molar-refractivity contribution in [1.29, 1.82) is 0 Å². The van der Waals surface area contributed by atoms with Gasteiger partial charge in [0.2, 0.25) is 0 Å². The molecule has 2 aliphatic heterocycles. The zero-order valence-corrected chi connectivity index (χ0v) is 13.1. The van der Waals surface area contributed by atoms with Gasteiger partial charge in [-0.25, -0.2) is 4.98 Å². The van der Waals surface area contributed by atoms with Gasteiger partial charge >= 0.3 is 7.41 Å². The summed E-state index contributed by atoms with van der Waals surface area (Å²) in [6.45, 7) is 1.75. The van der Waals surface area contributed by atoms with E-state index in [2.05, 4.69) is 9.97 Å². The Hall–Kier alpha value is -2.11. The quantitative estimate of drug-likeness (QED) is 0.556. The molecule has 1 aromatic rings. The molecule has 0 amide bonds. The summed E-state index contributed by atoms with van der Waals surface area (Å²) >= 11 is 0. The summed E-state index contributed by atoms with van der Waals surface area (Å²) in [5.41, 5.74) is -0.198. The summed E-state index contributed by atoms with van der Waals surface area (Å²) in [5, 5.41) is 19.1. The second kappa shape index (κ2) is 6.79. The minimum Gasteiger partial charge on any atom is -0.473 e. The van der Waals surface area contributed by atoms with Crippen LogP contribution >= 0.6 is 0 Å². The van der Waals surface area contributed by atoms with Crippen molar-refractivity contribution in [1.82, 2.24) is 9.97 Å². The molecule has 3 N–H and O–H groups in total. The first-order chi connectivity index (χ1) is 11.5. The van der Waals surface area contributed by atoms with Crippen LogP contribution in [-0.4, -0.2) is 71.8 Å². The number of anilines is 2. The molecular formula is C13H18BN4O6. The number of aliphatic hydroxyl groups is 2. The number of nitrogens with zero attached hydrogens (tertiary/aromatic N) is 3. The number of aromatic nitrogens is 2. The fourth-order valence-electron chi connectivity index (χ4n) is 2.87. The van der Waals surface area contributed by atoms with Crippen molar-refractivity contribution >= 4 is 24.8 Å². The van der Waals surface area contributed by atoms with E-state index < -0.39 is 29.9 Å². The Morgan fingerprint density at radius 2 is 2.42 bits per heavy atom. The normalized spacial score (nSPS) is 25.7. The van der Waals surface area contributed by atoms with Crippen LogP contribution < -0.4 is 15.3 Å². The lowest BCUT2D eigenvalue weighted by molar-refractivity contribution is -0.0219. The molecule has 10 nitrogen and oxygen atoms in total. The molecule has 0 unspecified atom stereocenters. The van der Waals surface area contributed by atoms with Crippen LogP contribution in [-0.2, 0) is 9.47 Å². The third-order valence-electron chi connectivity index (χ3n) is 3.95. The van der Waals surface area contributed by atoms with Gasteiger partial charge in [0.25, 0.3) is 11.4 Å². The number of hydrogen-bond donors (Lipinski definition) is 3. The first kappa shape index (κ1) is 16.7. The molecule has 1 saturated heterocycles. The predicted octanol–water partition coefficient (Wildman–Crippen LogP) is -1.40. The van der Waals surface area contributed by atoms with E-state index in [1.165, 1.54) is 18.6 Å². The largest absolute Gasteiger partial charge is 0.473 e. The first-order valence-electron chi connectivity index (χ1n) is 7.62. The van der Waals surface area contributed by atoms with Crippen LogP contribution in [0.25, 0.3) is 0 Å². The van der Waals surface area contributed by atoms with Gasteiger partial charge < -0.3 is 34.4 Å². The average molecular weight is 337 g/mol. The molecule has 0 aliphatic carbocycles. The predicted molar refractivity (Wildman–Crippen MR) is 83.8 cm³/mol. The number of rotatable bonds is 5. The molecule has 2 aliphatic rings. The molecule has 0 aromatic carbocycles. The van der Waals surface area contributed by atoms with Crippen LogP contribution in [0.3, 0.4) is 0 Å². The van der Waals surface area contributed by atoms with Crippen LogP contribution in [0.5, 0.6) is 0 Å². The molecule has 3 heterocycles. The summed E-state index contributed by atoms with van der Waals surface area (Å²) in [5.74, 6) is -0.232. The standard InChI is InChI=1S/C13H18BN4O6/c1-2-23-13(22)14-18-6-17(9-3-7(20)8(4-19)24-9)11-10(18)12(21)16-5-15-11/h5,7-9,19-20H,2-4,6H2,1H3,(H,15,16,21)/t7-,8+,9+/m0/s1. The smallest absolute Gasteiger partial charge is 0.394 e. The Morgan fingerprint density at radius 3 is 3.08 bits per heavy atom. The Bertz CT molecular complexity index is 670. The molecule has 3 atom stereocenters. The third kappa shape index (κ3) is 2.97. The van der Waals surface area contributed by atoms with Crippen molar-refractivity contribution in [2.45, 2.75) is 31.8 Å². The molecular weight excluding hydrogens is 319 g/mol. The molecule has 11 heteroatoms. The lowest BCUT2D eigenvalue weighted by atomic mass is 9.92. The number of ether oxygens (including phenoxy) is 2. The van der Waals surface area contributed by atoms with Gasteiger partial charge in [-0.3, -0.25) is 9.59 Å². The molecule has 129 valence electrons. The lowest BCUT2D eigenvalue weighted by Crippen LogP contribution is -2.42. The van der Waals surface area contributed by atoms with Gasteiger partial charge in [0.05, 0.1) is 32.3 Å². The van der Waals surface area contributed by atoms with Crippen LogP contribution in [0.4, 0.5) is 16.3 Å². The topological polar surface area (TPSA) is 128 Å². The Labute approximate surface area is 138 Å². The van der Waals surface area contributed by atoms with Crippen LogP contribution in [0.2, 0.25) is 0 Å². The van der Waals surface area contributed by atoms with E-state index in [4.69, 9.17) is 9.47 Å².